The average Bonchev–Trinajstić information content (AvgIpc) is 2.81. The number of halogens is 1. The Labute approximate surface area is 129 Å². The first-order valence-corrected chi connectivity index (χ1v) is 7.39. The van der Waals surface area contributed by atoms with Gasteiger partial charge in [-0.05, 0) is 50.7 Å². The normalized spacial score (nSPS) is 12.8. The van der Waals surface area contributed by atoms with E-state index in [4.69, 9.17) is 16.0 Å². The predicted molar refractivity (Wildman–Crippen MR) is 88.0 cm³/mol. The van der Waals surface area contributed by atoms with E-state index in [9.17, 15) is 0 Å². The molecule has 0 aliphatic heterocycles. The van der Waals surface area contributed by atoms with Crippen molar-refractivity contribution in [1.29, 1.82) is 0 Å². The molecule has 2 nitrogen and oxygen atoms in total. The van der Waals surface area contributed by atoms with Crippen LogP contribution in [0, 0.1) is 13.8 Å². The van der Waals surface area contributed by atoms with Gasteiger partial charge in [0.15, 0.2) is 0 Å². The van der Waals surface area contributed by atoms with Crippen LogP contribution in [0.3, 0.4) is 0 Å². The van der Waals surface area contributed by atoms with Gasteiger partial charge >= 0.3 is 0 Å². The van der Waals surface area contributed by atoms with E-state index in [1.54, 1.807) is 0 Å². The third-order valence-electron chi connectivity index (χ3n) is 3.65. The number of benzene rings is 2. The number of hydrogen-bond acceptors (Lipinski definition) is 2. The fraction of sp³-hybridized carbons (Fsp3) is 0.222. The van der Waals surface area contributed by atoms with Gasteiger partial charge in [-0.25, -0.2) is 0 Å². The molecule has 108 valence electrons. The molecule has 0 fully saturated rings. The van der Waals surface area contributed by atoms with Crippen molar-refractivity contribution in [3.63, 3.8) is 0 Å². The van der Waals surface area contributed by atoms with Crippen molar-refractivity contribution in [1.82, 2.24) is 5.32 Å². The Kier molecular flexibility index (Phi) is 3.75. The van der Waals surface area contributed by atoms with Crippen molar-refractivity contribution in [3.05, 3.63) is 69.9 Å². The summed E-state index contributed by atoms with van der Waals surface area (Å²) < 4.78 is 5.99. The Morgan fingerprint density at radius 2 is 1.71 bits per heavy atom. The van der Waals surface area contributed by atoms with E-state index in [1.165, 1.54) is 16.7 Å². The minimum atomic E-state index is 0.0368. The highest BCUT2D eigenvalue weighted by molar-refractivity contribution is 6.31. The van der Waals surface area contributed by atoms with E-state index >= 15 is 0 Å². The Hall–Kier alpha value is -1.77. The highest BCUT2D eigenvalue weighted by Crippen LogP contribution is 2.30. The van der Waals surface area contributed by atoms with Crippen LogP contribution in [0.5, 0.6) is 0 Å². The molecule has 0 bridgehead atoms. The summed E-state index contributed by atoms with van der Waals surface area (Å²) in [6, 6.07) is 14.3. The lowest BCUT2D eigenvalue weighted by Crippen LogP contribution is -2.17. The minimum Gasteiger partial charge on any atom is -0.459 e. The number of aryl methyl sites for hydroxylation is 2. The van der Waals surface area contributed by atoms with Gasteiger partial charge in [-0.15, -0.1) is 0 Å². The van der Waals surface area contributed by atoms with E-state index < -0.39 is 0 Å². The highest BCUT2D eigenvalue weighted by atomic mass is 35.5. The molecule has 0 saturated carbocycles. The first kappa shape index (κ1) is 14.2. The SMILES string of the molecule is CNC(c1cc(C)cc(C)c1)c1cc2cc(Cl)ccc2o1. The molecule has 2 aromatic carbocycles. The van der Waals surface area contributed by atoms with Crippen LogP contribution in [0.4, 0.5) is 0 Å². The number of furan rings is 1. The van der Waals surface area contributed by atoms with E-state index in [0.717, 1.165) is 21.8 Å². The maximum Gasteiger partial charge on any atom is 0.134 e. The van der Waals surface area contributed by atoms with Gasteiger partial charge in [-0.1, -0.05) is 40.9 Å². The summed E-state index contributed by atoms with van der Waals surface area (Å²) in [5.41, 5.74) is 4.58. The van der Waals surface area contributed by atoms with Crippen LogP contribution >= 0.6 is 11.6 Å². The zero-order valence-electron chi connectivity index (χ0n) is 12.4. The second-order valence-electron chi connectivity index (χ2n) is 5.47. The average molecular weight is 300 g/mol. The van der Waals surface area contributed by atoms with Gasteiger partial charge in [-0.2, -0.15) is 0 Å². The van der Waals surface area contributed by atoms with E-state index in [-0.39, 0.29) is 6.04 Å². The molecule has 3 heteroatoms. The van der Waals surface area contributed by atoms with Gasteiger partial charge in [0, 0.05) is 10.4 Å². The van der Waals surface area contributed by atoms with Crippen LogP contribution in [-0.2, 0) is 0 Å². The molecule has 1 unspecified atom stereocenters. The largest absolute Gasteiger partial charge is 0.459 e. The third-order valence-corrected chi connectivity index (χ3v) is 3.88. The second kappa shape index (κ2) is 5.55. The zero-order chi connectivity index (χ0) is 15.0. The number of fused-ring (bicyclic) bond motifs is 1. The standard InChI is InChI=1S/C18H18ClNO/c1-11-6-12(2)8-14(7-11)18(20-3)17-10-13-9-15(19)4-5-16(13)21-17/h4-10,18,20H,1-3H3. The Bertz CT molecular complexity index is 771. The van der Waals surface area contributed by atoms with Gasteiger partial charge in [0.2, 0.25) is 0 Å². The molecule has 0 aliphatic carbocycles. The number of rotatable bonds is 3. The van der Waals surface area contributed by atoms with Crippen molar-refractivity contribution in [2.75, 3.05) is 7.05 Å². The second-order valence-corrected chi connectivity index (χ2v) is 5.91. The van der Waals surface area contributed by atoms with Crippen LogP contribution < -0.4 is 5.32 Å². The molecule has 1 heterocycles. The Morgan fingerprint density at radius 1 is 1.00 bits per heavy atom. The van der Waals surface area contributed by atoms with Gasteiger partial charge in [0.1, 0.15) is 11.3 Å². The van der Waals surface area contributed by atoms with Crippen molar-refractivity contribution < 1.29 is 4.42 Å². The number of hydrogen-bond donors (Lipinski definition) is 1. The van der Waals surface area contributed by atoms with Crippen molar-refractivity contribution in [3.8, 4) is 0 Å². The molecule has 0 aliphatic rings. The lowest BCUT2D eigenvalue weighted by Gasteiger charge is -2.15. The highest BCUT2D eigenvalue weighted by Gasteiger charge is 2.17. The third kappa shape index (κ3) is 2.82. The fourth-order valence-corrected chi connectivity index (χ4v) is 3.01. The molecule has 3 rings (SSSR count). The maximum absolute atomic E-state index is 6.04. The van der Waals surface area contributed by atoms with Gasteiger partial charge < -0.3 is 9.73 Å². The maximum atomic E-state index is 6.04. The number of nitrogens with one attached hydrogen (secondary N) is 1. The molecular formula is C18H18ClNO. The van der Waals surface area contributed by atoms with Crippen molar-refractivity contribution in [2.24, 2.45) is 0 Å². The quantitative estimate of drug-likeness (QED) is 0.735. The molecule has 1 aromatic heterocycles. The molecule has 21 heavy (non-hydrogen) atoms. The molecule has 0 amide bonds. The van der Waals surface area contributed by atoms with E-state index in [2.05, 4.69) is 43.4 Å². The monoisotopic (exact) mass is 299 g/mol. The topological polar surface area (TPSA) is 25.2 Å². The molecule has 0 spiro atoms. The van der Waals surface area contributed by atoms with Crippen LogP contribution in [0.25, 0.3) is 11.0 Å². The Balaban J connectivity index is 2.08. The van der Waals surface area contributed by atoms with Crippen LogP contribution in [0.15, 0.2) is 46.9 Å². The minimum absolute atomic E-state index is 0.0368. The molecule has 1 N–H and O–H groups in total. The van der Waals surface area contributed by atoms with Gasteiger partial charge in [-0.3, -0.25) is 0 Å². The van der Waals surface area contributed by atoms with Gasteiger partial charge in [0.25, 0.3) is 0 Å². The Morgan fingerprint density at radius 3 is 2.38 bits per heavy atom. The first-order chi connectivity index (χ1) is 10.1. The van der Waals surface area contributed by atoms with Crippen LogP contribution in [0.1, 0.15) is 28.5 Å². The predicted octanol–water partition coefficient (Wildman–Crippen LogP) is 5.01. The lowest BCUT2D eigenvalue weighted by molar-refractivity contribution is 0.491. The van der Waals surface area contributed by atoms with Crippen LogP contribution in [-0.4, -0.2) is 7.05 Å². The summed E-state index contributed by atoms with van der Waals surface area (Å²) in [5, 5.41) is 5.09. The summed E-state index contributed by atoms with van der Waals surface area (Å²) in [4.78, 5) is 0. The van der Waals surface area contributed by atoms with Crippen molar-refractivity contribution >= 4 is 22.6 Å². The lowest BCUT2D eigenvalue weighted by atomic mass is 9.99. The summed E-state index contributed by atoms with van der Waals surface area (Å²) in [7, 11) is 1.95. The molecule has 3 aromatic rings. The zero-order valence-corrected chi connectivity index (χ0v) is 13.2. The molecule has 0 radical (unpaired) electrons. The summed E-state index contributed by atoms with van der Waals surface area (Å²) >= 11 is 6.04. The smallest absolute Gasteiger partial charge is 0.134 e. The summed E-state index contributed by atoms with van der Waals surface area (Å²) in [5.74, 6) is 0.903. The summed E-state index contributed by atoms with van der Waals surface area (Å²) in [6.07, 6.45) is 0. The molecular weight excluding hydrogens is 282 g/mol. The van der Waals surface area contributed by atoms with E-state index in [0.29, 0.717) is 0 Å². The fourth-order valence-electron chi connectivity index (χ4n) is 2.83. The molecule has 1 atom stereocenters. The summed E-state index contributed by atoms with van der Waals surface area (Å²) in [6.45, 7) is 4.23. The van der Waals surface area contributed by atoms with Gasteiger partial charge in [0.05, 0.1) is 6.04 Å². The molecule has 0 saturated heterocycles. The van der Waals surface area contributed by atoms with E-state index in [1.807, 2.05) is 25.2 Å². The van der Waals surface area contributed by atoms with Crippen molar-refractivity contribution in [2.45, 2.75) is 19.9 Å². The first-order valence-electron chi connectivity index (χ1n) is 7.01. The van der Waals surface area contributed by atoms with Crippen LogP contribution in [0.2, 0.25) is 5.02 Å².